The van der Waals surface area contributed by atoms with Crippen molar-refractivity contribution in [2.75, 3.05) is 0 Å². The average molecular weight is 576 g/mol. The lowest BCUT2D eigenvalue weighted by Gasteiger charge is -2.23. The summed E-state index contributed by atoms with van der Waals surface area (Å²) in [6, 6.07) is 52.9. The highest BCUT2D eigenvalue weighted by molar-refractivity contribution is 6.10. The molecule has 0 radical (unpaired) electrons. The first kappa shape index (κ1) is 28.0. The summed E-state index contributed by atoms with van der Waals surface area (Å²) in [6.07, 6.45) is 13.6. The zero-order valence-corrected chi connectivity index (χ0v) is 25.3. The Labute approximate surface area is 265 Å². The molecule has 1 nitrogen and oxygen atoms in total. The van der Waals surface area contributed by atoms with Crippen molar-refractivity contribution in [2.45, 2.75) is 13.3 Å². The highest BCUT2D eigenvalue weighted by Crippen LogP contribution is 2.41. The smallest absolute Gasteiger partial charge is 0.0541 e. The average Bonchev–Trinajstić information content (AvgIpc) is 3.45. The molecular formula is C44H33N. The van der Waals surface area contributed by atoms with E-state index in [1.165, 1.54) is 77.6 Å². The van der Waals surface area contributed by atoms with Gasteiger partial charge in [-0.15, -0.1) is 12.8 Å². The summed E-state index contributed by atoms with van der Waals surface area (Å²) >= 11 is 0. The van der Waals surface area contributed by atoms with Gasteiger partial charge in [-0.25, -0.2) is 0 Å². The Hall–Kier alpha value is -5.84. The minimum Gasteiger partial charge on any atom is -0.309 e. The van der Waals surface area contributed by atoms with Gasteiger partial charge in [0.05, 0.1) is 11.0 Å². The SMILES string of the molecule is C#C.C/C=C(\C=C1/Cc2ccccc2-c2ccccc21)c1ccc2c(c1)c1ccccc1n2-c1ccc(-c2ccccc2)cc1. The lowest BCUT2D eigenvalue weighted by molar-refractivity contribution is 1.18. The highest BCUT2D eigenvalue weighted by Gasteiger charge is 2.20. The van der Waals surface area contributed by atoms with Crippen LogP contribution in [-0.4, -0.2) is 4.57 Å². The van der Waals surface area contributed by atoms with Gasteiger partial charge in [0.2, 0.25) is 0 Å². The van der Waals surface area contributed by atoms with Crippen LogP contribution in [-0.2, 0) is 6.42 Å². The zero-order valence-electron chi connectivity index (χ0n) is 25.3. The molecule has 45 heavy (non-hydrogen) atoms. The van der Waals surface area contributed by atoms with Crippen LogP contribution in [0.4, 0.5) is 0 Å². The minimum absolute atomic E-state index is 0.936. The Morgan fingerprint density at radius 3 is 1.98 bits per heavy atom. The molecule has 0 atom stereocenters. The van der Waals surface area contributed by atoms with Crippen LogP contribution in [0.1, 0.15) is 23.6 Å². The number of hydrogen-bond acceptors (Lipinski definition) is 0. The molecule has 0 amide bonds. The van der Waals surface area contributed by atoms with E-state index in [4.69, 9.17) is 0 Å². The van der Waals surface area contributed by atoms with Crippen LogP contribution in [0.15, 0.2) is 158 Å². The summed E-state index contributed by atoms with van der Waals surface area (Å²) in [4.78, 5) is 0. The topological polar surface area (TPSA) is 4.93 Å². The van der Waals surface area contributed by atoms with Crippen LogP contribution in [0, 0.1) is 12.8 Å². The van der Waals surface area contributed by atoms with Gasteiger partial charge in [-0.05, 0) is 93.8 Å². The number of terminal acetylenes is 1. The molecule has 0 saturated carbocycles. The van der Waals surface area contributed by atoms with Crippen molar-refractivity contribution in [1.29, 1.82) is 0 Å². The summed E-state index contributed by atoms with van der Waals surface area (Å²) in [7, 11) is 0. The molecule has 0 N–H and O–H groups in total. The lowest BCUT2D eigenvalue weighted by atomic mass is 9.81. The quantitative estimate of drug-likeness (QED) is 0.184. The number of hydrogen-bond donors (Lipinski definition) is 0. The number of benzene rings is 6. The van der Waals surface area contributed by atoms with Crippen molar-refractivity contribution in [3.63, 3.8) is 0 Å². The number of aromatic nitrogens is 1. The van der Waals surface area contributed by atoms with E-state index in [0.717, 1.165) is 6.42 Å². The number of rotatable bonds is 4. The van der Waals surface area contributed by atoms with Gasteiger partial charge >= 0.3 is 0 Å². The van der Waals surface area contributed by atoms with Gasteiger partial charge in [0, 0.05) is 16.5 Å². The summed E-state index contributed by atoms with van der Waals surface area (Å²) in [5.41, 5.74) is 15.3. The fourth-order valence-electron chi connectivity index (χ4n) is 6.75. The van der Waals surface area contributed by atoms with E-state index in [9.17, 15) is 0 Å². The third-order valence-corrected chi connectivity index (χ3v) is 8.84. The predicted molar refractivity (Wildman–Crippen MR) is 193 cm³/mol. The lowest BCUT2D eigenvalue weighted by Crippen LogP contribution is -2.03. The van der Waals surface area contributed by atoms with Crippen molar-refractivity contribution in [3.05, 3.63) is 174 Å². The normalized spacial score (nSPS) is 13.2. The second kappa shape index (κ2) is 12.0. The fraction of sp³-hybridized carbons (Fsp3) is 0.0455. The molecule has 1 heterocycles. The number of allylic oxidation sites excluding steroid dienone is 4. The van der Waals surface area contributed by atoms with Crippen molar-refractivity contribution in [3.8, 4) is 40.8 Å². The van der Waals surface area contributed by atoms with Gasteiger partial charge in [0.15, 0.2) is 0 Å². The summed E-state index contributed by atoms with van der Waals surface area (Å²) in [6.45, 7) is 2.15. The Balaban J connectivity index is 0.00000160. The van der Waals surface area contributed by atoms with Gasteiger partial charge in [-0.2, -0.15) is 0 Å². The van der Waals surface area contributed by atoms with Gasteiger partial charge in [-0.3, -0.25) is 0 Å². The van der Waals surface area contributed by atoms with E-state index in [0.29, 0.717) is 0 Å². The second-order valence-electron chi connectivity index (χ2n) is 11.3. The van der Waals surface area contributed by atoms with Crippen molar-refractivity contribution in [1.82, 2.24) is 4.57 Å². The van der Waals surface area contributed by atoms with E-state index in [1.54, 1.807) is 0 Å². The molecule has 0 aliphatic heterocycles. The molecule has 8 rings (SSSR count). The highest BCUT2D eigenvalue weighted by atomic mass is 15.0. The summed E-state index contributed by atoms with van der Waals surface area (Å²) in [5.74, 6) is 0. The molecule has 1 aromatic heterocycles. The number of fused-ring (bicyclic) bond motifs is 6. The van der Waals surface area contributed by atoms with Crippen LogP contribution in [0.3, 0.4) is 0 Å². The van der Waals surface area contributed by atoms with Crippen LogP contribution in [0.2, 0.25) is 0 Å². The van der Waals surface area contributed by atoms with Crippen LogP contribution < -0.4 is 0 Å². The van der Waals surface area contributed by atoms with Crippen molar-refractivity contribution in [2.24, 2.45) is 0 Å². The van der Waals surface area contributed by atoms with Crippen molar-refractivity contribution >= 4 is 33.0 Å². The molecule has 0 spiro atoms. The third-order valence-electron chi connectivity index (χ3n) is 8.84. The van der Waals surface area contributed by atoms with E-state index in [1.807, 2.05) is 0 Å². The van der Waals surface area contributed by atoms with Gasteiger partial charge in [0.1, 0.15) is 0 Å². The van der Waals surface area contributed by atoms with Crippen molar-refractivity contribution < 1.29 is 0 Å². The van der Waals surface area contributed by atoms with E-state index < -0.39 is 0 Å². The molecule has 0 unspecified atom stereocenters. The fourth-order valence-corrected chi connectivity index (χ4v) is 6.75. The Kier molecular flexibility index (Phi) is 7.48. The monoisotopic (exact) mass is 575 g/mol. The van der Waals surface area contributed by atoms with Gasteiger partial charge < -0.3 is 4.57 Å². The minimum atomic E-state index is 0.936. The Bertz CT molecular complexity index is 2240. The molecule has 0 bridgehead atoms. The molecule has 6 aromatic carbocycles. The summed E-state index contributed by atoms with van der Waals surface area (Å²) < 4.78 is 2.39. The zero-order chi connectivity index (χ0) is 30.8. The Morgan fingerprint density at radius 1 is 0.578 bits per heavy atom. The van der Waals surface area contributed by atoms with Crippen LogP contribution >= 0.6 is 0 Å². The predicted octanol–water partition coefficient (Wildman–Crippen LogP) is 11.4. The molecule has 214 valence electrons. The van der Waals surface area contributed by atoms with Gasteiger partial charge in [-0.1, -0.05) is 127 Å². The van der Waals surface area contributed by atoms with Crippen LogP contribution in [0.5, 0.6) is 0 Å². The van der Waals surface area contributed by atoms with Crippen LogP contribution in [0.25, 0.3) is 60.9 Å². The standard InChI is InChI=1S/C42H31N.C2H2/c1-2-29(26-34-27-33-14-6-7-15-36(33)38-17-9-8-16-37(34)38)32-22-25-42-40(28-32)39-18-10-11-19-41(39)43(42)35-23-20-31(21-24-35)30-12-4-3-5-13-30;1-2/h2-26,28H,27H2,1H3;1-2H/b29-2+,34-26+;. The Morgan fingerprint density at radius 2 is 1.20 bits per heavy atom. The third kappa shape index (κ3) is 4.97. The maximum Gasteiger partial charge on any atom is 0.0541 e. The summed E-state index contributed by atoms with van der Waals surface area (Å²) in [5, 5.41) is 2.54. The maximum atomic E-state index is 4.00. The van der Waals surface area contributed by atoms with E-state index in [2.05, 4.69) is 182 Å². The second-order valence-corrected chi connectivity index (χ2v) is 11.3. The molecule has 7 aromatic rings. The number of nitrogens with zero attached hydrogens (tertiary/aromatic N) is 1. The molecule has 0 fully saturated rings. The maximum absolute atomic E-state index is 4.00. The van der Waals surface area contributed by atoms with E-state index >= 15 is 0 Å². The first-order valence-corrected chi connectivity index (χ1v) is 15.4. The number of para-hydroxylation sites is 1. The first-order chi connectivity index (χ1) is 22.3. The van der Waals surface area contributed by atoms with E-state index in [-0.39, 0.29) is 0 Å². The largest absolute Gasteiger partial charge is 0.309 e. The molecule has 1 heteroatoms. The molecule has 1 aliphatic carbocycles. The molecule has 1 aliphatic rings. The van der Waals surface area contributed by atoms with Gasteiger partial charge in [0.25, 0.3) is 0 Å². The molecule has 0 saturated heterocycles. The molecular weight excluding hydrogens is 542 g/mol. The first-order valence-electron chi connectivity index (χ1n) is 15.4.